The number of aliphatic carboxylic acids is 3. The third-order valence-electron chi connectivity index (χ3n) is 8.73. The minimum absolute atomic E-state index is 0.0128. The zero-order valence-corrected chi connectivity index (χ0v) is 25.4. The lowest BCUT2D eigenvalue weighted by Gasteiger charge is -2.39. The lowest BCUT2D eigenvalue weighted by Crippen LogP contribution is -2.48. The number of nitrogens with zero attached hydrogens (tertiary/aromatic N) is 3. The number of benzene rings is 2. The largest absolute Gasteiger partial charge is 0.481 e. The molecular formula is C33H39N3O9. The number of hydrogen-bond donors (Lipinski definition) is 4. The number of rotatable bonds is 9. The smallest absolute Gasteiger partial charge is 0.336 e. The van der Waals surface area contributed by atoms with E-state index < -0.39 is 42.4 Å². The number of aliphatic hydroxyl groups is 1. The summed E-state index contributed by atoms with van der Waals surface area (Å²) in [5.41, 5.74) is 2.19. The molecule has 1 fully saturated rings. The molecule has 1 spiro atoms. The maximum absolute atomic E-state index is 13.3. The van der Waals surface area contributed by atoms with Gasteiger partial charge in [0.15, 0.2) is 5.60 Å². The van der Waals surface area contributed by atoms with Gasteiger partial charge in [0.1, 0.15) is 6.04 Å². The maximum atomic E-state index is 13.3. The number of carboxylic acid groups (broad SMARTS) is 3. The summed E-state index contributed by atoms with van der Waals surface area (Å²) in [6, 6.07) is 16.2. The van der Waals surface area contributed by atoms with Crippen molar-refractivity contribution in [2.24, 2.45) is 0 Å². The first kappa shape index (κ1) is 33.3. The van der Waals surface area contributed by atoms with Crippen LogP contribution in [0.5, 0.6) is 0 Å². The van der Waals surface area contributed by atoms with Crippen molar-refractivity contribution in [3.8, 4) is 0 Å². The second-order valence-corrected chi connectivity index (χ2v) is 12.0. The predicted molar refractivity (Wildman–Crippen MR) is 165 cm³/mol. The summed E-state index contributed by atoms with van der Waals surface area (Å²) in [7, 11) is 3.51. The van der Waals surface area contributed by atoms with Crippen LogP contribution in [0, 0.1) is 0 Å². The average molecular weight is 622 g/mol. The number of piperidine rings is 1. The number of allylic oxidation sites excluding steroid dienone is 1. The van der Waals surface area contributed by atoms with Gasteiger partial charge in [0.25, 0.3) is 0 Å². The number of likely N-dealkylation sites (N-methyl/N-ethyl adjacent to an activating group) is 1. The normalized spacial score (nSPS) is 18.0. The molecule has 0 radical (unpaired) electrons. The molecule has 2 aromatic carbocycles. The highest BCUT2D eigenvalue weighted by Crippen LogP contribution is 2.43. The topological polar surface area (TPSA) is 176 Å². The third kappa shape index (κ3) is 7.40. The van der Waals surface area contributed by atoms with E-state index in [2.05, 4.69) is 41.3 Å². The van der Waals surface area contributed by atoms with E-state index in [1.54, 1.807) is 23.9 Å². The Bertz CT molecular complexity index is 1480. The van der Waals surface area contributed by atoms with E-state index in [4.69, 9.17) is 20.4 Å². The lowest BCUT2D eigenvalue weighted by molar-refractivity contribution is -0.170. The van der Waals surface area contributed by atoms with Gasteiger partial charge in [-0.1, -0.05) is 54.6 Å². The summed E-state index contributed by atoms with van der Waals surface area (Å²) >= 11 is 0. The Morgan fingerprint density at radius 3 is 2.11 bits per heavy atom. The summed E-state index contributed by atoms with van der Waals surface area (Å²) in [6.07, 6.45) is 5.57. The number of para-hydroxylation sites is 1. The van der Waals surface area contributed by atoms with Crippen LogP contribution in [0.1, 0.15) is 48.8 Å². The van der Waals surface area contributed by atoms with Crippen molar-refractivity contribution in [1.82, 2.24) is 9.80 Å². The molecule has 1 aliphatic carbocycles. The third-order valence-corrected chi connectivity index (χ3v) is 8.73. The van der Waals surface area contributed by atoms with Gasteiger partial charge >= 0.3 is 17.9 Å². The van der Waals surface area contributed by atoms with E-state index >= 15 is 0 Å². The summed E-state index contributed by atoms with van der Waals surface area (Å²) in [5, 5.41) is 33.8. The molecule has 0 bridgehead atoms. The molecule has 2 aromatic rings. The number of carbonyl (C=O) groups is 5. The maximum Gasteiger partial charge on any atom is 0.336 e. The molecule has 240 valence electrons. The fourth-order valence-electron chi connectivity index (χ4n) is 6.32. The summed E-state index contributed by atoms with van der Waals surface area (Å²) in [5.74, 6) is -4.99. The molecule has 2 heterocycles. The van der Waals surface area contributed by atoms with Gasteiger partial charge in [0, 0.05) is 44.6 Å². The van der Waals surface area contributed by atoms with E-state index in [0.29, 0.717) is 12.8 Å². The molecule has 45 heavy (non-hydrogen) atoms. The first-order valence-electron chi connectivity index (χ1n) is 14.8. The molecule has 12 heteroatoms. The molecule has 12 nitrogen and oxygen atoms in total. The minimum Gasteiger partial charge on any atom is -0.481 e. The molecule has 0 aromatic heterocycles. The Labute approximate surface area is 261 Å². The standard InChI is InChI=1S/C27H31N3O2.C6H8O7/c1-28(2)26(32)24-19-21-8-4-6-10-23(21)30(24)25(31)12-16-29-17-14-27(15-18-29)13-11-20-7-3-5-9-22(20)27;7-3(8)1-6(13,5(11)12)2-4(9)10/h3-11,13,24H,12,14-19H2,1-2H3;13H,1-2H2,(H,7,8)(H,9,10)(H,11,12)/t24-;/m0./s1. The minimum atomic E-state index is -2.74. The van der Waals surface area contributed by atoms with Gasteiger partial charge in [-0.2, -0.15) is 0 Å². The summed E-state index contributed by atoms with van der Waals surface area (Å²) in [4.78, 5) is 62.3. The van der Waals surface area contributed by atoms with Crippen molar-refractivity contribution in [3.63, 3.8) is 0 Å². The average Bonchev–Trinajstić information content (AvgIpc) is 3.55. The Balaban J connectivity index is 0.000000302. The number of carbonyl (C=O) groups excluding carboxylic acids is 2. The van der Waals surface area contributed by atoms with Crippen molar-refractivity contribution in [2.75, 3.05) is 38.6 Å². The van der Waals surface area contributed by atoms with Gasteiger partial charge in [0.05, 0.1) is 12.8 Å². The molecule has 3 aliphatic rings. The van der Waals surface area contributed by atoms with E-state index in [0.717, 1.165) is 43.7 Å². The number of amides is 2. The van der Waals surface area contributed by atoms with Gasteiger partial charge in [-0.3, -0.25) is 24.1 Å². The van der Waals surface area contributed by atoms with Crippen LogP contribution in [0.15, 0.2) is 54.6 Å². The highest BCUT2D eigenvalue weighted by atomic mass is 16.4. The first-order valence-corrected chi connectivity index (χ1v) is 14.8. The molecule has 2 aliphatic heterocycles. The predicted octanol–water partition coefficient (Wildman–Crippen LogP) is 2.23. The van der Waals surface area contributed by atoms with Gasteiger partial charge in [-0.15, -0.1) is 0 Å². The summed E-state index contributed by atoms with van der Waals surface area (Å²) in [6.45, 7) is 2.72. The van der Waals surface area contributed by atoms with Crippen molar-refractivity contribution in [3.05, 3.63) is 71.3 Å². The van der Waals surface area contributed by atoms with Gasteiger partial charge in [0.2, 0.25) is 11.8 Å². The van der Waals surface area contributed by atoms with Crippen molar-refractivity contribution in [1.29, 1.82) is 0 Å². The Kier molecular flexibility index (Phi) is 10.1. The van der Waals surface area contributed by atoms with Crippen LogP contribution in [-0.4, -0.2) is 105 Å². The van der Waals surface area contributed by atoms with Crippen molar-refractivity contribution >= 4 is 41.5 Å². The van der Waals surface area contributed by atoms with Crippen LogP contribution in [-0.2, 0) is 35.8 Å². The highest BCUT2D eigenvalue weighted by molar-refractivity contribution is 6.03. The van der Waals surface area contributed by atoms with Gasteiger partial charge in [-0.05, 0) is 48.7 Å². The van der Waals surface area contributed by atoms with E-state index in [1.807, 2.05) is 24.3 Å². The van der Waals surface area contributed by atoms with Gasteiger partial charge < -0.3 is 30.2 Å². The quantitative estimate of drug-likeness (QED) is 0.325. The zero-order chi connectivity index (χ0) is 32.9. The number of likely N-dealkylation sites (tertiary alicyclic amines) is 1. The highest BCUT2D eigenvalue weighted by Gasteiger charge is 2.42. The van der Waals surface area contributed by atoms with E-state index in [-0.39, 0.29) is 17.2 Å². The number of anilines is 1. The van der Waals surface area contributed by atoms with Crippen molar-refractivity contribution in [2.45, 2.75) is 55.6 Å². The van der Waals surface area contributed by atoms with Crippen LogP contribution < -0.4 is 4.90 Å². The molecule has 0 unspecified atom stereocenters. The molecule has 4 N–H and O–H groups in total. The first-order chi connectivity index (χ1) is 21.3. The zero-order valence-electron chi connectivity index (χ0n) is 25.4. The number of fused-ring (bicyclic) bond motifs is 3. The molecule has 2 amide bonds. The number of carboxylic acids is 3. The SMILES string of the molecule is CN(C)C(=O)[C@@H]1Cc2ccccc2N1C(=O)CCN1CCC2(C=Cc3ccccc32)CC1.O=C(O)CC(O)(CC(=O)O)C(=O)O. The molecule has 1 saturated heterocycles. The van der Waals surface area contributed by atoms with Crippen LogP contribution in [0.2, 0.25) is 0 Å². The monoisotopic (exact) mass is 621 g/mol. The Morgan fingerprint density at radius 2 is 1.51 bits per heavy atom. The Hall–Kier alpha value is -4.55. The van der Waals surface area contributed by atoms with Crippen LogP contribution in [0.25, 0.3) is 6.08 Å². The van der Waals surface area contributed by atoms with Crippen LogP contribution in [0.3, 0.4) is 0 Å². The fourth-order valence-corrected chi connectivity index (χ4v) is 6.32. The van der Waals surface area contributed by atoms with Crippen LogP contribution in [0.4, 0.5) is 5.69 Å². The number of hydrogen-bond acceptors (Lipinski definition) is 7. The second kappa shape index (κ2) is 13.6. The van der Waals surface area contributed by atoms with E-state index in [1.165, 1.54) is 11.1 Å². The molecule has 1 atom stereocenters. The molecule has 0 saturated carbocycles. The lowest BCUT2D eigenvalue weighted by atomic mass is 9.74. The Morgan fingerprint density at radius 1 is 0.911 bits per heavy atom. The summed E-state index contributed by atoms with van der Waals surface area (Å²) < 4.78 is 0. The van der Waals surface area contributed by atoms with Gasteiger partial charge in [-0.25, -0.2) is 4.79 Å². The molecule has 5 rings (SSSR count). The van der Waals surface area contributed by atoms with Crippen LogP contribution >= 0.6 is 0 Å². The van der Waals surface area contributed by atoms with E-state index in [9.17, 15) is 24.0 Å². The second-order valence-electron chi connectivity index (χ2n) is 12.0. The van der Waals surface area contributed by atoms with Crippen molar-refractivity contribution < 1.29 is 44.4 Å². The fraction of sp³-hybridized carbons (Fsp3) is 0.424. The molecular weight excluding hydrogens is 582 g/mol.